The maximum atomic E-state index is 2.31. The molecule has 0 unspecified atom stereocenters. The van der Waals surface area contributed by atoms with Crippen LogP contribution in [0.15, 0.2) is 24.3 Å². The topological polar surface area (TPSA) is 0 Å². The molecule has 0 nitrogen and oxygen atoms in total. The molecule has 0 amide bonds. The Morgan fingerprint density at radius 1 is 1.10 bits per heavy atom. The van der Waals surface area contributed by atoms with Crippen molar-refractivity contribution in [3.63, 3.8) is 0 Å². The van der Waals surface area contributed by atoms with Gasteiger partial charge in [-0.2, -0.15) is 0 Å². The summed E-state index contributed by atoms with van der Waals surface area (Å²) in [5, 5.41) is 0. The van der Waals surface area contributed by atoms with Crippen molar-refractivity contribution >= 4 is 0 Å². The molecule has 49 valence electrons. The van der Waals surface area contributed by atoms with Crippen LogP contribution in [0.25, 0.3) is 0 Å². The third kappa shape index (κ3) is 1.33. The first-order chi connectivity index (χ1) is 4.97. The molecule has 0 atom stereocenters. The van der Waals surface area contributed by atoms with E-state index in [4.69, 9.17) is 0 Å². The predicted molar refractivity (Wildman–Crippen MR) is 38.7 cm³/mol. The summed E-state index contributed by atoms with van der Waals surface area (Å²) < 4.78 is 3.07. The van der Waals surface area contributed by atoms with Gasteiger partial charge in [0.1, 0.15) is 0 Å². The molecule has 1 aliphatic rings. The van der Waals surface area contributed by atoms with E-state index in [1.165, 1.54) is 9.65 Å². The number of hydrogen-bond acceptors (Lipinski definition) is 0. The van der Waals surface area contributed by atoms with Gasteiger partial charge in [0, 0.05) is 0 Å². The van der Waals surface area contributed by atoms with Gasteiger partial charge in [0.15, 0.2) is 0 Å². The minimum atomic E-state index is -0.0999. The van der Waals surface area contributed by atoms with Crippen LogP contribution in [0.1, 0.15) is 11.1 Å². The molecular weight excluding hydrogens is 197 g/mol. The zero-order chi connectivity index (χ0) is 6.81. The monoisotopic (exact) mass is 207 g/mol. The Bertz CT molecular complexity index is 205. The van der Waals surface area contributed by atoms with E-state index < -0.39 is 0 Å². The van der Waals surface area contributed by atoms with Crippen molar-refractivity contribution < 1.29 is 29.2 Å². The molecule has 0 saturated carbocycles. The van der Waals surface area contributed by atoms with Crippen LogP contribution in [0.2, 0.25) is 3.23 Å². The summed E-state index contributed by atoms with van der Waals surface area (Å²) in [7, 11) is 0. The van der Waals surface area contributed by atoms with Crippen molar-refractivity contribution in [2.45, 2.75) is 12.9 Å². The maximum absolute atomic E-state index is 2.31. The third-order valence-electron chi connectivity index (χ3n) is 2.10. The molecule has 1 aromatic rings. The van der Waals surface area contributed by atoms with Gasteiger partial charge in [0.2, 0.25) is 0 Å². The Morgan fingerprint density at radius 3 is 2.70 bits per heavy atom. The molecule has 0 fully saturated rings. The summed E-state index contributed by atoms with van der Waals surface area (Å²) in [5.41, 5.74) is 3.29. The molecule has 0 bridgehead atoms. The molecule has 0 N–H and O–H groups in total. The van der Waals surface area contributed by atoms with E-state index in [1.54, 1.807) is 14.4 Å². The molecule has 0 aliphatic carbocycles. The van der Waals surface area contributed by atoms with Crippen molar-refractivity contribution in [3.05, 3.63) is 35.4 Å². The van der Waals surface area contributed by atoms with E-state index >= 15 is 0 Å². The van der Waals surface area contributed by atoms with Crippen LogP contribution in [0.4, 0.5) is 0 Å². The summed E-state index contributed by atoms with van der Waals surface area (Å²) in [6, 6.07) is 8.93. The van der Waals surface area contributed by atoms with Gasteiger partial charge in [0.25, 0.3) is 0 Å². The van der Waals surface area contributed by atoms with E-state index in [-0.39, 0.29) is 29.2 Å². The van der Waals surface area contributed by atoms with Crippen molar-refractivity contribution in [2.75, 3.05) is 0 Å². The second kappa shape index (κ2) is 3.15. The van der Waals surface area contributed by atoms with Gasteiger partial charge in [-0.25, -0.2) is 0 Å². The Balaban J connectivity index is 2.41. The van der Waals surface area contributed by atoms with Crippen LogP contribution >= 0.6 is 0 Å². The van der Waals surface area contributed by atoms with Crippen molar-refractivity contribution in [3.8, 4) is 0 Å². The van der Waals surface area contributed by atoms with E-state index in [0.717, 1.165) is 0 Å². The number of benzene rings is 1. The quantitative estimate of drug-likeness (QED) is 0.612. The molecule has 1 aliphatic heterocycles. The first kappa shape index (κ1) is 7.00. The Labute approximate surface area is 77.0 Å². The number of rotatable bonds is 0. The van der Waals surface area contributed by atoms with Crippen LogP contribution in [-0.4, -0.2) is 0 Å². The number of fused-ring (bicyclic) bond motifs is 1. The van der Waals surface area contributed by atoms with Crippen LogP contribution < -0.4 is 0 Å². The second-order valence-corrected chi connectivity index (χ2v) is 6.64. The molecule has 0 spiro atoms. The molecule has 1 aromatic carbocycles. The van der Waals surface area contributed by atoms with Gasteiger partial charge >= 0.3 is 77.5 Å². The van der Waals surface area contributed by atoms with E-state index in [9.17, 15) is 0 Å². The van der Waals surface area contributed by atoms with Crippen molar-refractivity contribution in [1.29, 1.82) is 0 Å². The van der Waals surface area contributed by atoms with Gasteiger partial charge < -0.3 is 0 Å². The SMILES string of the molecule is c1ccc2c(c1)C[CH2][Y][CH2]2. The van der Waals surface area contributed by atoms with E-state index in [0.29, 0.717) is 0 Å². The first-order valence-corrected chi connectivity index (χ1v) is 7.86. The molecule has 10 heavy (non-hydrogen) atoms. The van der Waals surface area contributed by atoms with E-state index in [1.807, 2.05) is 0 Å². The van der Waals surface area contributed by atoms with Gasteiger partial charge in [0.05, 0.1) is 0 Å². The normalized spacial score (nSPS) is 14.8. The van der Waals surface area contributed by atoms with Crippen molar-refractivity contribution in [2.24, 2.45) is 0 Å². The molecular formula is C9H10Y. The predicted octanol–water partition coefficient (Wildman–Crippen LogP) is 2.24. The zero-order valence-corrected chi connectivity index (χ0v) is 8.85. The fourth-order valence-electron chi connectivity index (χ4n) is 1.52. The fraction of sp³-hybridized carbons (Fsp3) is 0.333. The van der Waals surface area contributed by atoms with Crippen LogP contribution in [0, 0.1) is 0 Å². The Hall–Kier alpha value is 0.324. The Kier molecular flexibility index (Phi) is 2.20. The summed E-state index contributed by atoms with van der Waals surface area (Å²) in [5.74, 6) is 0. The van der Waals surface area contributed by atoms with E-state index in [2.05, 4.69) is 24.3 Å². The zero-order valence-electron chi connectivity index (χ0n) is 6.01. The Morgan fingerprint density at radius 2 is 1.90 bits per heavy atom. The van der Waals surface area contributed by atoms with Gasteiger partial charge in [-0.05, 0) is 0 Å². The van der Waals surface area contributed by atoms with Gasteiger partial charge in [-0.15, -0.1) is 0 Å². The summed E-state index contributed by atoms with van der Waals surface area (Å²) in [4.78, 5) is 0. The average Bonchev–Trinajstić information content (AvgIpc) is 2.05. The van der Waals surface area contributed by atoms with Gasteiger partial charge in [-0.1, -0.05) is 0 Å². The second-order valence-electron chi connectivity index (χ2n) is 2.80. The van der Waals surface area contributed by atoms with Crippen LogP contribution in [0.3, 0.4) is 0 Å². The molecule has 0 radical (unpaired) electrons. The molecule has 2 rings (SSSR count). The molecule has 0 aromatic heterocycles. The van der Waals surface area contributed by atoms with Gasteiger partial charge in [-0.3, -0.25) is 0 Å². The first-order valence-electron chi connectivity index (χ1n) is 3.85. The molecule has 1 heterocycles. The fourth-order valence-corrected chi connectivity index (χ4v) is 5.03. The molecule has 1 heteroatoms. The number of hydrogen-bond donors (Lipinski definition) is 0. The van der Waals surface area contributed by atoms with Crippen LogP contribution in [-0.2, 0) is 38.9 Å². The summed E-state index contributed by atoms with van der Waals surface area (Å²) >= 11 is -0.0999. The summed E-state index contributed by atoms with van der Waals surface area (Å²) in [6.07, 6.45) is 1.39. The summed E-state index contributed by atoms with van der Waals surface area (Å²) in [6.45, 7) is 0. The van der Waals surface area contributed by atoms with Crippen LogP contribution in [0.5, 0.6) is 0 Å². The third-order valence-corrected chi connectivity index (χ3v) is 5.60. The minimum absolute atomic E-state index is 0.0999. The van der Waals surface area contributed by atoms with Crippen molar-refractivity contribution in [1.82, 2.24) is 0 Å². The molecule has 0 saturated heterocycles. The number of aryl methyl sites for hydroxylation is 1. The average molecular weight is 207 g/mol. The standard InChI is InChI=1S/C9H10.Y/c1-3-9-7-5-4-6-8(9)2;/h4-7H,1-3H2;.